The molecule has 8 heteroatoms. The van der Waals surface area contributed by atoms with Gasteiger partial charge in [0, 0.05) is 14.6 Å². The number of anilines is 2. The van der Waals surface area contributed by atoms with Gasteiger partial charge in [-0.3, -0.25) is 9.52 Å². The highest BCUT2D eigenvalue weighted by molar-refractivity contribution is 9.10. The number of sulfonamides is 1. The van der Waals surface area contributed by atoms with E-state index in [4.69, 9.17) is 0 Å². The second-order valence-electron chi connectivity index (χ2n) is 6.01. The normalized spacial score (nSPS) is 11.4. The molecule has 0 heterocycles. The van der Waals surface area contributed by atoms with E-state index in [2.05, 4.69) is 41.9 Å². The van der Waals surface area contributed by atoms with Crippen LogP contribution in [0.5, 0.6) is 0 Å². The molecule has 1 amide bonds. The lowest BCUT2D eigenvalue weighted by Crippen LogP contribution is -2.17. The molecule has 0 saturated carbocycles. The molecule has 3 aromatic carbocycles. The predicted octanol–water partition coefficient (Wildman–Crippen LogP) is 5.88. The van der Waals surface area contributed by atoms with Crippen LogP contribution in [0.25, 0.3) is 6.08 Å². The highest BCUT2D eigenvalue weighted by Gasteiger charge is 2.16. The van der Waals surface area contributed by atoms with Crippen LogP contribution in [-0.4, -0.2) is 14.3 Å². The van der Waals surface area contributed by atoms with E-state index in [1.807, 2.05) is 18.2 Å². The fourth-order valence-electron chi connectivity index (χ4n) is 2.44. The number of carbonyl (C=O) groups excluding carboxylic acids is 1. The molecular formula is C21H16Br2N2O3S. The van der Waals surface area contributed by atoms with Gasteiger partial charge in [0.15, 0.2) is 0 Å². The first-order valence-corrected chi connectivity index (χ1v) is 11.6. The van der Waals surface area contributed by atoms with Crippen molar-refractivity contribution in [3.05, 3.63) is 98.3 Å². The Morgan fingerprint density at radius 3 is 2.21 bits per heavy atom. The zero-order chi connectivity index (χ0) is 20.9. The summed E-state index contributed by atoms with van der Waals surface area (Å²) < 4.78 is 29.0. The lowest BCUT2D eigenvalue weighted by molar-refractivity contribution is 0.102. The van der Waals surface area contributed by atoms with Crippen LogP contribution in [0.4, 0.5) is 11.4 Å². The maximum absolute atomic E-state index is 12.7. The molecule has 0 radical (unpaired) electrons. The second kappa shape index (κ2) is 9.39. The Morgan fingerprint density at radius 2 is 1.52 bits per heavy atom. The van der Waals surface area contributed by atoms with Crippen molar-refractivity contribution in [1.29, 1.82) is 0 Å². The van der Waals surface area contributed by atoms with Gasteiger partial charge in [-0.1, -0.05) is 62.2 Å². The van der Waals surface area contributed by atoms with Gasteiger partial charge in [0.05, 0.1) is 16.7 Å². The van der Waals surface area contributed by atoms with E-state index >= 15 is 0 Å². The lowest BCUT2D eigenvalue weighted by atomic mass is 10.1. The van der Waals surface area contributed by atoms with Gasteiger partial charge in [-0.15, -0.1) is 0 Å². The molecule has 3 aromatic rings. The van der Waals surface area contributed by atoms with Crippen molar-refractivity contribution in [2.75, 3.05) is 10.0 Å². The molecule has 0 aliphatic carbocycles. The van der Waals surface area contributed by atoms with Gasteiger partial charge in [0.2, 0.25) is 0 Å². The van der Waals surface area contributed by atoms with Crippen LogP contribution in [0.2, 0.25) is 0 Å². The van der Waals surface area contributed by atoms with Crippen molar-refractivity contribution >= 4 is 65.2 Å². The number of carbonyl (C=O) groups is 1. The highest BCUT2D eigenvalue weighted by Crippen LogP contribution is 2.24. The Morgan fingerprint density at radius 1 is 0.862 bits per heavy atom. The van der Waals surface area contributed by atoms with E-state index < -0.39 is 15.9 Å². The molecule has 0 aliphatic rings. The van der Waals surface area contributed by atoms with Gasteiger partial charge in [-0.2, -0.15) is 0 Å². The van der Waals surface area contributed by atoms with Crippen molar-refractivity contribution in [2.24, 2.45) is 0 Å². The van der Waals surface area contributed by atoms with Crippen LogP contribution in [0.1, 0.15) is 15.9 Å². The summed E-state index contributed by atoms with van der Waals surface area (Å²) in [5.41, 5.74) is 1.72. The zero-order valence-corrected chi connectivity index (χ0v) is 19.0. The van der Waals surface area contributed by atoms with Crippen molar-refractivity contribution < 1.29 is 13.2 Å². The van der Waals surface area contributed by atoms with E-state index in [-0.39, 0.29) is 11.3 Å². The Bertz CT molecular complexity index is 1150. The van der Waals surface area contributed by atoms with Gasteiger partial charge in [-0.05, 0) is 54.1 Å². The van der Waals surface area contributed by atoms with Crippen LogP contribution in [0, 0.1) is 0 Å². The minimum absolute atomic E-state index is 0.181. The maximum atomic E-state index is 12.7. The van der Waals surface area contributed by atoms with Gasteiger partial charge in [0.1, 0.15) is 0 Å². The van der Waals surface area contributed by atoms with Gasteiger partial charge >= 0.3 is 0 Å². The highest BCUT2D eigenvalue weighted by atomic mass is 79.9. The lowest BCUT2D eigenvalue weighted by Gasteiger charge is -2.12. The summed E-state index contributed by atoms with van der Waals surface area (Å²) in [4.78, 5) is 12.7. The van der Waals surface area contributed by atoms with Crippen LogP contribution < -0.4 is 10.0 Å². The third-order valence-corrected chi connectivity index (χ3v) is 5.84. The summed E-state index contributed by atoms with van der Waals surface area (Å²) in [6.07, 6.45) is 1.49. The van der Waals surface area contributed by atoms with Crippen molar-refractivity contribution in [1.82, 2.24) is 0 Å². The molecule has 0 fully saturated rings. The molecule has 0 unspecified atom stereocenters. The van der Waals surface area contributed by atoms with E-state index in [1.165, 1.54) is 12.1 Å². The molecule has 0 bridgehead atoms. The number of rotatable bonds is 6. The van der Waals surface area contributed by atoms with Gasteiger partial charge in [-0.25, -0.2) is 8.42 Å². The van der Waals surface area contributed by atoms with E-state index in [9.17, 15) is 13.2 Å². The predicted molar refractivity (Wildman–Crippen MR) is 124 cm³/mol. The van der Waals surface area contributed by atoms with Crippen LogP contribution in [0.15, 0.2) is 87.1 Å². The van der Waals surface area contributed by atoms with Crippen LogP contribution in [0.3, 0.4) is 0 Å². The number of hydrogen-bond acceptors (Lipinski definition) is 3. The van der Waals surface area contributed by atoms with E-state index in [1.54, 1.807) is 48.5 Å². The summed E-state index contributed by atoms with van der Waals surface area (Å²) in [6, 6.07) is 20.9. The summed E-state index contributed by atoms with van der Waals surface area (Å²) in [5.74, 6) is -0.432. The molecule has 3 rings (SSSR count). The van der Waals surface area contributed by atoms with Crippen molar-refractivity contribution in [3.8, 4) is 0 Å². The van der Waals surface area contributed by atoms with Gasteiger partial charge in [0.25, 0.3) is 15.9 Å². The average Bonchev–Trinajstić information content (AvgIpc) is 2.70. The molecule has 29 heavy (non-hydrogen) atoms. The number of nitrogens with one attached hydrogen (secondary N) is 2. The summed E-state index contributed by atoms with van der Waals surface area (Å²) in [6.45, 7) is 0. The minimum atomic E-state index is -3.81. The standard InChI is InChI=1S/C21H16Br2N2O3S/c22-16-6-9-18(10-7-16)24-21(26)19-14-17(23)8-11-20(19)25-29(27,28)13-12-15-4-2-1-3-5-15/h1-14,25H,(H,24,26)/b13-12+. The quantitative estimate of drug-likeness (QED) is 0.414. The average molecular weight is 536 g/mol. The topological polar surface area (TPSA) is 75.3 Å². The Balaban J connectivity index is 1.83. The Labute approximate surface area is 186 Å². The molecule has 0 atom stereocenters. The molecule has 148 valence electrons. The fourth-order valence-corrected chi connectivity index (χ4v) is 3.96. The van der Waals surface area contributed by atoms with Crippen LogP contribution >= 0.6 is 31.9 Å². The smallest absolute Gasteiger partial charge is 0.257 e. The Hall–Kier alpha value is -2.42. The SMILES string of the molecule is O=C(Nc1ccc(Br)cc1)c1cc(Br)ccc1NS(=O)(=O)/C=C/c1ccccc1. The largest absolute Gasteiger partial charge is 0.322 e. The van der Waals surface area contributed by atoms with Gasteiger partial charge < -0.3 is 5.32 Å². The fraction of sp³-hybridized carbons (Fsp3) is 0. The number of amides is 1. The molecule has 0 aromatic heterocycles. The maximum Gasteiger partial charge on any atom is 0.257 e. The molecule has 2 N–H and O–H groups in total. The number of halogens is 2. The second-order valence-corrected chi connectivity index (χ2v) is 9.41. The van der Waals surface area contributed by atoms with Crippen LogP contribution in [-0.2, 0) is 10.0 Å². The monoisotopic (exact) mass is 534 g/mol. The summed E-state index contributed by atoms with van der Waals surface area (Å²) in [5, 5.41) is 3.83. The molecular weight excluding hydrogens is 520 g/mol. The van der Waals surface area contributed by atoms with E-state index in [0.29, 0.717) is 10.2 Å². The summed E-state index contributed by atoms with van der Waals surface area (Å²) >= 11 is 6.66. The Kier molecular flexibility index (Phi) is 6.89. The first-order chi connectivity index (χ1) is 13.8. The third kappa shape index (κ3) is 6.28. The molecule has 0 saturated heterocycles. The third-order valence-electron chi connectivity index (χ3n) is 3.82. The van der Waals surface area contributed by atoms with Crippen molar-refractivity contribution in [3.63, 3.8) is 0 Å². The molecule has 5 nitrogen and oxygen atoms in total. The zero-order valence-electron chi connectivity index (χ0n) is 15.0. The minimum Gasteiger partial charge on any atom is -0.322 e. The van der Waals surface area contributed by atoms with E-state index in [0.717, 1.165) is 15.4 Å². The first-order valence-electron chi connectivity index (χ1n) is 8.45. The first kappa shape index (κ1) is 21.3. The number of benzene rings is 3. The summed E-state index contributed by atoms with van der Waals surface area (Å²) in [7, 11) is -3.81. The van der Waals surface area contributed by atoms with Crippen molar-refractivity contribution in [2.45, 2.75) is 0 Å². The number of hydrogen-bond donors (Lipinski definition) is 2. The molecule has 0 spiro atoms. The molecule has 0 aliphatic heterocycles.